The Balaban J connectivity index is 1.33. The summed E-state index contributed by atoms with van der Waals surface area (Å²) < 4.78 is 6.21. The molecule has 0 spiro atoms. The molecule has 1 aromatic heterocycles. The van der Waals surface area contributed by atoms with Gasteiger partial charge < -0.3 is 14.5 Å². The van der Waals surface area contributed by atoms with E-state index in [0.717, 1.165) is 30.6 Å². The number of fused-ring (bicyclic) bond motifs is 1. The zero-order valence-corrected chi connectivity index (χ0v) is 22.1. The van der Waals surface area contributed by atoms with Crippen LogP contribution in [0.4, 0.5) is 0 Å². The van der Waals surface area contributed by atoms with Crippen LogP contribution in [-0.4, -0.2) is 47.4 Å². The van der Waals surface area contributed by atoms with Crippen LogP contribution in [0.5, 0.6) is 5.75 Å². The van der Waals surface area contributed by atoms with E-state index < -0.39 is 0 Å². The summed E-state index contributed by atoms with van der Waals surface area (Å²) in [5.74, 6) is 1.22. The molecule has 188 valence electrons. The van der Waals surface area contributed by atoms with E-state index in [1.54, 1.807) is 16.2 Å². The lowest BCUT2D eigenvalue weighted by Gasteiger charge is -2.37. The van der Waals surface area contributed by atoms with Crippen molar-refractivity contribution in [3.63, 3.8) is 0 Å². The Morgan fingerprint density at radius 2 is 1.83 bits per heavy atom. The Morgan fingerprint density at radius 1 is 1.08 bits per heavy atom. The number of thiophene rings is 1. The van der Waals surface area contributed by atoms with Crippen molar-refractivity contribution in [3.05, 3.63) is 87.1 Å². The molecule has 3 aromatic rings. The standard InChI is InChI=1S/C30H34N2O3S/c1-20(2)22-8-12-24(13-9-22)35-19-27-26-15-17-36-28(26)14-16-31(27)29(33)18-32(23-10-11-23)30(34)25-7-5-4-6-21(25)3/h4-9,12-13,15,17,20,23,27H,10-11,14,16,18-19H2,1-3H3/t27-/m0/s1. The molecule has 2 aliphatic rings. The van der Waals surface area contributed by atoms with E-state index in [2.05, 4.69) is 37.4 Å². The molecule has 1 atom stereocenters. The molecule has 6 heteroatoms. The molecular formula is C30H34N2O3S. The van der Waals surface area contributed by atoms with Gasteiger partial charge in [0.1, 0.15) is 18.9 Å². The highest BCUT2D eigenvalue weighted by atomic mass is 32.1. The molecule has 0 N–H and O–H groups in total. The Morgan fingerprint density at radius 3 is 2.53 bits per heavy atom. The Bertz CT molecular complexity index is 1230. The number of carbonyl (C=O) groups is 2. The summed E-state index contributed by atoms with van der Waals surface area (Å²) in [6.07, 6.45) is 2.75. The second-order valence-corrected chi connectivity index (χ2v) is 11.2. The second kappa shape index (κ2) is 10.5. The molecular weight excluding hydrogens is 468 g/mol. The highest BCUT2D eigenvalue weighted by Gasteiger charge is 2.38. The smallest absolute Gasteiger partial charge is 0.254 e. The lowest BCUT2D eigenvalue weighted by molar-refractivity contribution is -0.135. The third kappa shape index (κ3) is 5.19. The van der Waals surface area contributed by atoms with E-state index in [9.17, 15) is 9.59 Å². The molecule has 1 saturated carbocycles. The molecule has 1 fully saturated rings. The van der Waals surface area contributed by atoms with Crippen LogP contribution in [-0.2, 0) is 11.2 Å². The van der Waals surface area contributed by atoms with Crippen LogP contribution >= 0.6 is 11.3 Å². The van der Waals surface area contributed by atoms with Gasteiger partial charge in [0.2, 0.25) is 5.91 Å². The quantitative estimate of drug-likeness (QED) is 0.380. The van der Waals surface area contributed by atoms with Crippen LogP contribution in [0.2, 0.25) is 0 Å². The summed E-state index contributed by atoms with van der Waals surface area (Å²) in [5.41, 5.74) is 4.06. The van der Waals surface area contributed by atoms with E-state index in [-0.39, 0.29) is 30.4 Å². The number of carbonyl (C=O) groups excluding carboxylic acids is 2. The topological polar surface area (TPSA) is 49.9 Å². The lowest BCUT2D eigenvalue weighted by atomic mass is 10.00. The Kier molecular flexibility index (Phi) is 7.15. The molecule has 2 amide bonds. The van der Waals surface area contributed by atoms with Gasteiger partial charge in [-0.05, 0) is 78.4 Å². The summed E-state index contributed by atoms with van der Waals surface area (Å²) in [4.78, 5) is 32.2. The first-order chi connectivity index (χ1) is 17.4. The third-order valence-electron chi connectivity index (χ3n) is 7.30. The van der Waals surface area contributed by atoms with Gasteiger partial charge in [-0.15, -0.1) is 11.3 Å². The minimum absolute atomic E-state index is 0.00978. The zero-order chi connectivity index (χ0) is 25.2. The molecule has 36 heavy (non-hydrogen) atoms. The average molecular weight is 503 g/mol. The minimum atomic E-state index is -0.160. The van der Waals surface area contributed by atoms with Gasteiger partial charge in [0.05, 0.1) is 6.04 Å². The predicted molar refractivity (Wildman–Crippen MR) is 144 cm³/mol. The van der Waals surface area contributed by atoms with Gasteiger partial charge in [-0.1, -0.05) is 44.2 Å². The lowest BCUT2D eigenvalue weighted by Crippen LogP contribution is -2.48. The summed E-state index contributed by atoms with van der Waals surface area (Å²) in [6, 6.07) is 18.0. The number of ether oxygens (including phenoxy) is 1. The maximum absolute atomic E-state index is 13.7. The fourth-order valence-corrected chi connectivity index (χ4v) is 5.88. The van der Waals surface area contributed by atoms with Gasteiger partial charge in [-0.25, -0.2) is 0 Å². The molecule has 5 rings (SSSR count). The molecule has 0 unspecified atom stereocenters. The summed E-state index contributed by atoms with van der Waals surface area (Å²) in [7, 11) is 0. The van der Waals surface area contributed by atoms with Crippen molar-refractivity contribution < 1.29 is 14.3 Å². The van der Waals surface area contributed by atoms with Crippen molar-refractivity contribution in [2.24, 2.45) is 0 Å². The second-order valence-electron chi connectivity index (χ2n) is 10.2. The van der Waals surface area contributed by atoms with Crippen LogP contribution in [0.3, 0.4) is 0 Å². The number of benzene rings is 2. The van der Waals surface area contributed by atoms with Crippen LogP contribution < -0.4 is 4.74 Å². The monoisotopic (exact) mass is 502 g/mol. The van der Waals surface area contributed by atoms with Crippen molar-refractivity contribution in [2.75, 3.05) is 19.7 Å². The molecule has 1 aliphatic heterocycles. The van der Waals surface area contributed by atoms with Crippen LogP contribution in [0.1, 0.15) is 70.6 Å². The normalized spacial score (nSPS) is 17.1. The Labute approximate surface area is 217 Å². The van der Waals surface area contributed by atoms with Gasteiger partial charge in [0.25, 0.3) is 5.91 Å². The molecule has 2 aromatic carbocycles. The third-order valence-corrected chi connectivity index (χ3v) is 8.30. The summed E-state index contributed by atoms with van der Waals surface area (Å²) >= 11 is 1.74. The van der Waals surface area contributed by atoms with E-state index in [1.807, 2.05) is 48.2 Å². The van der Waals surface area contributed by atoms with Crippen molar-refractivity contribution >= 4 is 23.2 Å². The van der Waals surface area contributed by atoms with Gasteiger partial charge >= 0.3 is 0 Å². The number of amides is 2. The number of hydrogen-bond acceptors (Lipinski definition) is 4. The minimum Gasteiger partial charge on any atom is -0.491 e. The van der Waals surface area contributed by atoms with Gasteiger partial charge in [0.15, 0.2) is 0 Å². The molecule has 1 aliphatic carbocycles. The largest absolute Gasteiger partial charge is 0.491 e. The molecule has 0 bridgehead atoms. The number of hydrogen-bond donors (Lipinski definition) is 0. The number of nitrogens with zero attached hydrogens (tertiary/aromatic N) is 2. The molecule has 0 saturated heterocycles. The van der Waals surface area contributed by atoms with Gasteiger partial charge in [-0.2, -0.15) is 0 Å². The maximum Gasteiger partial charge on any atom is 0.254 e. The maximum atomic E-state index is 13.7. The zero-order valence-electron chi connectivity index (χ0n) is 21.3. The van der Waals surface area contributed by atoms with Crippen LogP contribution in [0, 0.1) is 6.92 Å². The average Bonchev–Trinajstić information content (AvgIpc) is 3.61. The predicted octanol–water partition coefficient (Wildman–Crippen LogP) is 5.99. The Hall–Kier alpha value is -3.12. The molecule has 2 heterocycles. The van der Waals surface area contributed by atoms with Crippen LogP contribution in [0.25, 0.3) is 0 Å². The highest BCUT2D eigenvalue weighted by Crippen LogP contribution is 2.35. The van der Waals surface area contributed by atoms with E-state index in [1.165, 1.54) is 16.0 Å². The number of rotatable bonds is 8. The van der Waals surface area contributed by atoms with Crippen molar-refractivity contribution in [3.8, 4) is 5.75 Å². The van der Waals surface area contributed by atoms with Crippen molar-refractivity contribution in [1.29, 1.82) is 0 Å². The molecule has 0 radical (unpaired) electrons. The first-order valence-electron chi connectivity index (χ1n) is 12.9. The molecule has 5 nitrogen and oxygen atoms in total. The SMILES string of the molecule is Cc1ccccc1C(=O)N(CC(=O)N1CCc2sccc2[C@@H]1COc1ccc(C(C)C)cc1)C1CC1. The van der Waals surface area contributed by atoms with E-state index >= 15 is 0 Å². The fourth-order valence-electron chi connectivity index (χ4n) is 4.96. The first kappa shape index (κ1) is 24.6. The number of aryl methyl sites for hydroxylation is 1. The highest BCUT2D eigenvalue weighted by molar-refractivity contribution is 7.10. The van der Waals surface area contributed by atoms with E-state index in [0.29, 0.717) is 24.6 Å². The van der Waals surface area contributed by atoms with Gasteiger partial charge in [-0.3, -0.25) is 9.59 Å². The van der Waals surface area contributed by atoms with Crippen molar-refractivity contribution in [2.45, 2.75) is 58.0 Å². The fraction of sp³-hybridized carbons (Fsp3) is 0.400. The first-order valence-corrected chi connectivity index (χ1v) is 13.8. The summed E-state index contributed by atoms with van der Waals surface area (Å²) in [5, 5.41) is 2.10. The van der Waals surface area contributed by atoms with Crippen molar-refractivity contribution in [1.82, 2.24) is 9.80 Å². The van der Waals surface area contributed by atoms with Crippen LogP contribution in [0.15, 0.2) is 60.0 Å². The van der Waals surface area contributed by atoms with Gasteiger partial charge in [0, 0.05) is 23.0 Å². The van der Waals surface area contributed by atoms with E-state index in [4.69, 9.17) is 4.74 Å². The summed E-state index contributed by atoms with van der Waals surface area (Å²) in [6.45, 7) is 7.44.